The summed E-state index contributed by atoms with van der Waals surface area (Å²) in [5.41, 5.74) is -0.0689. The Kier molecular flexibility index (Phi) is 5.64. The number of carboxylic acids is 1. The number of carboxylic acid groups (broad SMARTS) is 1. The molecular weight excluding hydrogens is 294 g/mol. The Morgan fingerprint density at radius 3 is 2.48 bits per heavy atom. The monoisotopic (exact) mass is 319 g/mol. The van der Waals surface area contributed by atoms with Gasteiger partial charge in [-0.1, -0.05) is 37.5 Å². The molecule has 126 valence electrons. The number of aliphatic carboxylic acids is 1. The van der Waals surface area contributed by atoms with E-state index in [2.05, 4.69) is 0 Å². The van der Waals surface area contributed by atoms with Crippen LogP contribution in [0.4, 0.5) is 0 Å². The molecule has 0 saturated heterocycles. The average Bonchev–Trinajstić information content (AvgIpc) is 2.59. The molecule has 1 aromatic carbocycles. The molecule has 0 spiro atoms. The number of benzene rings is 1. The van der Waals surface area contributed by atoms with Gasteiger partial charge in [0.1, 0.15) is 11.3 Å². The second-order valence-corrected chi connectivity index (χ2v) is 6.16. The standard InChI is InChI=1S/C18H25NO4/c1-19(18(17(21)22)12-6-3-7-13-18)16(20)11-10-14-8-4-5-9-15(14)23-2/h4-5,8-9H,3,6-7,10-13H2,1-2H3,(H,21,22). The van der Waals surface area contributed by atoms with E-state index in [0.29, 0.717) is 19.3 Å². The maximum atomic E-state index is 12.5. The Hall–Kier alpha value is -2.04. The van der Waals surface area contributed by atoms with E-state index in [1.807, 2.05) is 24.3 Å². The van der Waals surface area contributed by atoms with Gasteiger partial charge in [-0.3, -0.25) is 4.79 Å². The fraction of sp³-hybridized carbons (Fsp3) is 0.556. The maximum absolute atomic E-state index is 12.5. The Morgan fingerprint density at radius 1 is 1.22 bits per heavy atom. The zero-order valence-corrected chi connectivity index (χ0v) is 13.9. The highest BCUT2D eigenvalue weighted by atomic mass is 16.5. The number of nitrogens with zero attached hydrogens (tertiary/aromatic N) is 1. The van der Waals surface area contributed by atoms with Crippen molar-refractivity contribution in [2.24, 2.45) is 0 Å². The van der Waals surface area contributed by atoms with Gasteiger partial charge in [0.2, 0.25) is 5.91 Å². The van der Waals surface area contributed by atoms with Gasteiger partial charge in [0, 0.05) is 13.5 Å². The minimum absolute atomic E-state index is 0.125. The van der Waals surface area contributed by atoms with Crippen LogP contribution in [-0.4, -0.2) is 41.6 Å². The quantitative estimate of drug-likeness (QED) is 0.875. The van der Waals surface area contributed by atoms with Crippen LogP contribution in [0, 0.1) is 0 Å². The van der Waals surface area contributed by atoms with Gasteiger partial charge >= 0.3 is 5.97 Å². The number of methoxy groups -OCH3 is 1. The highest BCUT2D eigenvalue weighted by molar-refractivity contribution is 5.87. The molecule has 0 radical (unpaired) electrons. The number of ether oxygens (including phenoxy) is 1. The summed E-state index contributed by atoms with van der Waals surface area (Å²) in [6.45, 7) is 0. The highest BCUT2D eigenvalue weighted by Gasteiger charge is 2.45. The van der Waals surface area contributed by atoms with Crippen molar-refractivity contribution in [2.45, 2.75) is 50.5 Å². The molecule has 23 heavy (non-hydrogen) atoms. The second kappa shape index (κ2) is 7.49. The average molecular weight is 319 g/mol. The van der Waals surface area contributed by atoms with Crippen molar-refractivity contribution in [1.29, 1.82) is 0 Å². The molecule has 1 saturated carbocycles. The number of rotatable bonds is 6. The van der Waals surface area contributed by atoms with Gasteiger partial charge < -0.3 is 14.7 Å². The maximum Gasteiger partial charge on any atom is 0.329 e. The van der Waals surface area contributed by atoms with Crippen LogP contribution in [0.2, 0.25) is 0 Å². The SMILES string of the molecule is COc1ccccc1CCC(=O)N(C)C1(C(=O)O)CCCCC1. The lowest BCUT2D eigenvalue weighted by Crippen LogP contribution is -2.56. The van der Waals surface area contributed by atoms with E-state index >= 15 is 0 Å². The highest BCUT2D eigenvalue weighted by Crippen LogP contribution is 2.34. The van der Waals surface area contributed by atoms with Crippen LogP contribution in [0.5, 0.6) is 5.75 Å². The van der Waals surface area contributed by atoms with Gasteiger partial charge in [-0.05, 0) is 30.9 Å². The number of carbonyl (C=O) groups is 2. The lowest BCUT2D eigenvalue weighted by molar-refractivity contribution is -0.160. The smallest absolute Gasteiger partial charge is 0.329 e. The zero-order valence-electron chi connectivity index (χ0n) is 13.9. The summed E-state index contributed by atoms with van der Waals surface area (Å²) in [5.74, 6) is -0.251. The van der Waals surface area contributed by atoms with Crippen molar-refractivity contribution >= 4 is 11.9 Å². The number of aryl methyl sites for hydroxylation is 1. The van der Waals surface area contributed by atoms with Crippen molar-refractivity contribution in [1.82, 2.24) is 4.90 Å². The molecule has 0 aromatic heterocycles. The van der Waals surface area contributed by atoms with Crippen molar-refractivity contribution in [2.75, 3.05) is 14.2 Å². The fourth-order valence-corrected chi connectivity index (χ4v) is 3.39. The molecule has 1 aromatic rings. The number of carbonyl (C=O) groups excluding carboxylic acids is 1. The third-order valence-electron chi connectivity index (χ3n) is 4.90. The largest absolute Gasteiger partial charge is 0.496 e. The first-order chi connectivity index (χ1) is 11.0. The Balaban J connectivity index is 2.05. The fourth-order valence-electron chi connectivity index (χ4n) is 3.39. The minimum atomic E-state index is -1.03. The van der Waals surface area contributed by atoms with Crippen molar-refractivity contribution in [3.8, 4) is 5.75 Å². The van der Waals surface area contributed by atoms with Crippen LogP contribution in [0.1, 0.15) is 44.1 Å². The molecule has 0 atom stereocenters. The normalized spacial score (nSPS) is 16.6. The summed E-state index contributed by atoms with van der Waals surface area (Å²) in [4.78, 5) is 25.8. The summed E-state index contributed by atoms with van der Waals surface area (Å²) in [5, 5.41) is 9.66. The number of hydrogen-bond donors (Lipinski definition) is 1. The van der Waals surface area contributed by atoms with E-state index in [0.717, 1.165) is 30.6 Å². The molecule has 1 amide bonds. The Labute approximate surface area is 137 Å². The van der Waals surface area contributed by atoms with Crippen molar-refractivity contribution in [3.63, 3.8) is 0 Å². The first-order valence-corrected chi connectivity index (χ1v) is 8.13. The molecule has 2 rings (SSSR count). The van der Waals surface area contributed by atoms with Crippen molar-refractivity contribution < 1.29 is 19.4 Å². The molecule has 0 heterocycles. The molecule has 1 aliphatic carbocycles. The van der Waals surface area contributed by atoms with Crippen LogP contribution >= 0.6 is 0 Å². The first kappa shape index (κ1) is 17.3. The Bertz CT molecular complexity index is 564. The molecular formula is C18H25NO4. The predicted octanol–water partition coefficient (Wildman–Crippen LogP) is 2.87. The molecule has 0 unspecified atom stereocenters. The number of amides is 1. The summed E-state index contributed by atoms with van der Waals surface area (Å²) in [6, 6.07) is 7.59. The molecule has 1 N–H and O–H groups in total. The number of hydrogen-bond acceptors (Lipinski definition) is 3. The van der Waals surface area contributed by atoms with Crippen molar-refractivity contribution in [3.05, 3.63) is 29.8 Å². The third-order valence-corrected chi connectivity index (χ3v) is 4.90. The number of para-hydroxylation sites is 1. The second-order valence-electron chi connectivity index (χ2n) is 6.16. The van der Waals surface area contributed by atoms with E-state index in [-0.39, 0.29) is 12.3 Å². The van der Waals surface area contributed by atoms with Gasteiger partial charge in [-0.15, -0.1) is 0 Å². The molecule has 1 aliphatic rings. The van der Waals surface area contributed by atoms with E-state index in [1.54, 1.807) is 14.2 Å². The van der Waals surface area contributed by atoms with Crippen LogP contribution in [0.25, 0.3) is 0 Å². The first-order valence-electron chi connectivity index (χ1n) is 8.13. The molecule has 1 fully saturated rings. The molecule has 5 heteroatoms. The minimum Gasteiger partial charge on any atom is -0.496 e. The Morgan fingerprint density at radius 2 is 1.87 bits per heavy atom. The molecule has 0 aliphatic heterocycles. The van der Waals surface area contributed by atoms with Gasteiger partial charge in [0.05, 0.1) is 7.11 Å². The van der Waals surface area contributed by atoms with E-state index < -0.39 is 11.5 Å². The van der Waals surface area contributed by atoms with Gasteiger partial charge in [-0.25, -0.2) is 4.79 Å². The van der Waals surface area contributed by atoms with E-state index in [9.17, 15) is 14.7 Å². The lowest BCUT2D eigenvalue weighted by Gasteiger charge is -2.41. The van der Waals surface area contributed by atoms with Gasteiger partial charge in [0.25, 0.3) is 0 Å². The molecule has 0 bridgehead atoms. The lowest BCUT2D eigenvalue weighted by atomic mass is 9.80. The van der Waals surface area contributed by atoms with Crippen LogP contribution in [0.3, 0.4) is 0 Å². The predicted molar refractivity (Wildman–Crippen MR) is 87.5 cm³/mol. The van der Waals surface area contributed by atoms with E-state index in [1.165, 1.54) is 4.90 Å². The molecule has 5 nitrogen and oxygen atoms in total. The topological polar surface area (TPSA) is 66.8 Å². The van der Waals surface area contributed by atoms with Crippen LogP contribution in [0.15, 0.2) is 24.3 Å². The summed E-state index contributed by atoms with van der Waals surface area (Å²) < 4.78 is 5.29. The summed E-state index contributed by atoms with van der Waals surface area (Å²) >= 11 is 0. The van der Waals surface area contributed by atoms with Gasteiger partial charge in [0.15, 0.2) is 0 Å². The van der Waals surface area contributed by atoms with Crippen LogP contribution in [-0.2, 0) is 16.0 Å². The summed E-state index contributed by atoms with van der Waals surface area (Å²) in [7, 11) is 3.23. The number of likely N-dealkylation sites (N-methyl/N-ethyl adjacent to an activating group) is 1. The van der Waals surface area contributed by atoms with Gasteiger partial charge in [-0.2, -0.15) is 0 Å². The van der Waals surface area contributed by atoms with Crippen LogP contribution < -0.4 is 4.74 Å². The third kappa shape index (κ3) is 3.66. The van der Waals surface area contributed by atoms with E-state index in [4.69, 9.17) is 4.74 Å². The summed E-state index contributed by atoms with van der Waals surface area (Å²) in [6.07, 6.45) is 4.67. The zero-order chi connectivity index (χ0) is 16.9.